The number of aliphatic hydroxyl groups excluding tert-OH is 1. The zero-order valence-corrected chi connectivity index (χ0v) is 14.7. The van der Waals surface area contributed by atoms with Gasteiger partial charge in [0.15, 0.2) is 5.78 Å². The summed E-state index contributed by atoms with van der Waals surface area (Å²) >= 11 is 0. The Kier molecular flexibility index (Phi) is 5.30. The van der Waals surface area contributed by atoms with Gasteiger partial charge >= 0.3 is 0 Å². The summed E-state index contributed by atoms with van der Waals surface area (Å²) < 4.78 is 0. The summed E-state index contributed by atoms with van der Waals surface area (Å²) in [6.45, 7) is 5.21. The second-order valence-corrected chi connectivity index (χ2v) is 6.15. The first kappa shape index (κ1) is 17.6. The summed E-state index contributed by atoms with van der Waals surface area (Å²) in [5, 5.41) is 10.2. The van der Waals surface area contributed by atoms with Gasteiger partial charge in [0.1, 0.15) is 6.10 Å². The van der Waals surface area contributed by atoms with Crippen LogP contribution >= 0.6 is 0 Å². The Bertz CT molecular complexity index is 847. The maximum absolute atomic E-state index is 11.9. The number of hydrogen-bond acceptors (Lipinski definition) is 3. The highest BCUT2D eigenvalue weighted by molar-refractivity contribution is 5.98. The fourth-order valence-electron chi connectivity index (χ4n) is 2.79. The molecule has 0 amide bonds. The van der Waals surface area contributed by atoms with Crippen molar-refractivity contribution in [3.05, 3.63) is 103 Å². The van der Waals surface area contributed by atoms with Gasteiger partial charge in [-0.1, -0.05) is 55.1 Å². The maximum Gasteiger partial charge on any atom is 0.190 e. The van der Waals surface area contributed by atoms with Gasteiger partial charge in [-0.25, -0.2) is 0 Å². The minimum absolute atomic E-state index is 0.344. The molecule has 0 spiro atoms. The standard InChI is InChI=1S/C23H21NO2/c1-17(2)22(25)23(26)18-13-15-21(16-14-18)24(19-9-5-3-6-10-19)20-11-7-4-8-12-20/h3-16,23,26H,1H2,2H3. The summed E-state index contributed by atoms with van der Waals surface area (Å²) in [6, 6.07) is 27.5. The minimum atomic E-state index is -1.18. The van der Waals surface area contributed by atoms with E-state index in [0.717, 1.165) is 17.1 Å². The van der Waals surface area contributed by atoms with Crippen LogP contribution in [0.25, 0.3) is 0 Å². The quantitative estimate of drug-likeness (QED) is 0.615. The number of carbonyl (C=O) groups is 1. The summed E-state index contributed by atoms with van der Waals surface area (Å²) in [7, 11) is 0. The lowest BCUT2D eigenvalue weighted by Crippen LogP contribution is -2.13. The molecular weight excluding hydrogens is 322 g/mol. The molecule has 0 aromatic heterocycles. The number of ketones is 1. The number of nitrogens with zero attached hydrogens (tertiary/aromatic N) is 1. The van der Waals surface area contributed by atoms with Crippen molar-refractivity contribution in [3.63, 3.8) is 0 Å². The molecule has 1 N–H and O–H groups in total. The lowest BCUT2D eigenvalue weighted by molar-refractivity contribution is -0.123. The number of Topliss-reactive ketones (excluding diaryl/α,β-unsaturated/α-hetero) is 1. The largest absolute Gasteiger partial charge is 0.380 e. The monoisotopic (exact) mass is 343 g/mol. The van der Waals surface area contributed by atoms with Crippen LogP contribution in [0.1, 0.15) is 18.6 Å². The molecule has 3 heteroatoms. The van der Waals surface area contributed by atoms with Crippen LogP contribution in [0.15, 0.2) is 97.1 Å². The minimum Gasteiger partial charge on any atom is -0.380 e. The van der Waals surface area contributed by atoms with E-state index in [1.807, 2.05) is 72.8 Å². The van der Waals surface area contributed by atoms with Gasteiger partial charge in [0, 0.05) is 17.1 Å². The molecule has 3 nitrogen and oxygen atoms in total. The van der Waals surface area contributed by atoms with E-state index in [4.69, 9.17) is 0 Å². The number of aliphatic hydroxyl groups is 1. The highest BCUT2D eigenvalue weighted by Gasteiger charge is 2.18. The fraction of sp³-hybridized carbons (Fsp3) is 0.0870. The molecular formula is C23H21NO2. The molecule has 0 fully saturated rings. The van der Waals surface area contributed by atoms with Gasteiger partial charge < -0.3 is 10.0 Å². The van der Waals surface area contributed by atoms with Crippen LogP contribution in [-0.4, -0.2) is 10.9 Å². The van der Waals surface area contributed by atoms with Gasteiger partial charge in [0.05, 0.1) is 0 Å². The topological polar surface area (TPSA) is 40.5 Å². The molecule has 130 valence electrons. The van der Waals surface area contributed by atoms with Crippen molar-refractivity contribution in [1.82, 2.24) is 0 Å². The van der Waals surface area contributed by atoms with Crippen molar-refractivity contribution < 1.29 is 9.90 Å². The Balaban J connectivity index is 1.98. The predicted octanol–water partition coefficient (Wildman–Crippen LogP) is 5.34. The normalized spacial score (nSPS) is 11.6. The van der Waals surface area contributed by atoms with Crippen molar-refractivity contribution in [1.29, 1.82) is 0 Å². The van der Waals surface area contributed by atoms with Gasteiger partial charge in [0.25, 0.3) is 0 Å². The number of carbonyl (C=O) groups excluding carboxylic acids is 1. The first-order chi connectivity index (χ1) is 12.6. The van der Waals surface area contributed by atoms with Gasteiger partial charge in [-0.2, -0.15) is 0 Å². The van der Waals surface area contributed by atoms with Crippen molar-refractivity contribution >= 4 is 22.8 Å². The maximum atomic E-state index is 11.9. The molecule has 0 bridgehead atoms. The number of hydrogen-bond donors (Lipinski definition) is 1. The van der Waals surface area contributed by atoms with Crippen LogP contribution < -0.4 is 4.90 Å². The zero-order chi connectivity index (χ0) is 18.5. The van der Waals surface area contributed by atoms with Crippen molar-refractivity contribution in [3.8, 4) is 0 Å². The van der Waals surface area contributed by atoms with Crippen LogP contribution in [-0.2, 0) is 4.79 Å². The molecule has 0 saturated carbocycles. The van der Waals surface area contributed by atoms with Crippen molar-refractivity contribution in [2.24, 2.45) is 0 Å². The lowest BCUT2D eigenvalue weighted by Gasteiger charge is -2.25. The van der Waals surface area contributed by atoms with E-state index >= 15 is 0 Å². The van der Waals surface area contributed by atoms with E-state index < -0.39 is 6.10 Å². The van der Waals surface area contributed by atoms with E-state index in [9.17, 15) is 9.90 Å². The number of anilines is 3. The molecule has 0 aliphatic rings. The van der Waals surface area contributed by atoms with Gasteiger partial charge in [0.2, 0.25) is 0 Å². The second kappa shape index (κ2) is 7.81. The first-order valence-electron chi connectivity index (χ1n) is 8.46. The molecule has 0 saturated heterocycles. The van der Waals surface area contributed by atoms with Crippen molar-refractivity contribution in [2.75, 3.05) is 4.90 Å². The highest BCUT2D eigenvalue weighted by Crippen LogP contribution is 2.34. The number of rotatable bonds is 6. The fourth-order valence-corrected chi connectivity index (χ4v) is 2.79. The lowest BCUT2D eigenvalue weighted by atomic mass is 10.0. The Morgan fingerprint density at radius 3 is 1.65 bits per heavy atom. The molecule has 0 radical (unpaired) electrons. The third-order valence-corrected chi connectivity index (χ3v) is 4.16. The highest BCUT2D eigenvalue weighted by atomic mass is 16.3. The van der Waals surface area contributed by atoms with E-state index in [2.05, 4.69) is 11.5 Å². The molecule has 26 heavy (non-hydrogen) atoms. The Hall–Kier alpha value is -3.17. The summed E-state index contributed by atoms with van der Waals surface area (Å²) in [5.74, 6) is -0.360. The van der Waals surface area contributed by atoms with E-state index in [-0.39, 0.29) is 5.78 Å². The second-order valence-electron chi connectivity index (χ2n) is 6.15. The molecule has 0 aliphatic heterocycles. The SMILES string of the molecule is C=C(C)C(=O)C(O)c1ccc(N(c2ccccc2)c2ccccc2)cc1. The molecule has 3 rings (SSSR count). The number of benzene rings is 3. The van der Waals surface area contributed by atoms with Crippen LogP contribution in [0.4, 0.5) is 17.1 Å². The summed E-state index contributed by atoms with van der Waals surface area (Å²) in [6.07, 6.45) is -1.18. The summed E-state index contributed by atoms with van der Waals surface area (Å²) in [5.41, 5.74) is 3.91. The first-order valence-corrected chi connectivity index (χ1v) is 8.46. The third kappa shape index (κ3) is 3.73. The van der Waals surface area contributed by atoms with Crippen LogP contribution in [0.5, 0.6) is 0 Å². The van der Waals surface area contributed by atoms with Crippen LogP contribution in [0.3, 0.4) is 0 Å². The average molecular weight is 343 g/mol. The Morgan fingerprint density at radius 2 is 1.23 bits per heavy atom. The van der Waals surface area contributed by atoms with Crippen LogP contribution in [0.2, 0.25) is 0 Å². The van der Waals surface area contributed by atoms with Crippen molar-refractivity contribution in [2.45, 2.75) is 13.0 Å². The number of para-hydroxylation sites is 2. The molecule has 0 heterocycles. The third-order valence-electron chi connectivity index (χ3n) is 4.16. The smallest absolute Gasteiger partial charge is 0.190 e. The Morgan fingerprint density at radius 1 is 0.808 bits per heavy atom. The predicted molar refractivity (Wildman–Crippen MR) is 106 cm³/mol. The van der Waals surface area contributed by atoms with Gasteiger partial charge in [-0.15, -0.1) is 0 Å². The van der Waals surface area contributed by atoms with Crippen LogP contribution in [0, 0.1) is 0 Å². The molecule has 0 aliphatic carbocycles. The molecule has 3 aromatic carbocycles. The molecule has 1 unspecified atom stereocenters. The van der Waals surface area contributed by atoms with Gasteiger partial charge in [-0.05, 0) is 54.5 Å². The van der Waals surface area contributed by atoms with Gasteiger partial charge in [-0.3, -0.25) is 4.79 Å². The van der Waals surface area contributed by atoms with E-state index in [0.29, 0.717) is 11.1 Å². The summed E-state index contributed by atoms with van der Waals surface area (Å²) in [4.78, 5) is 14.1. The molecule has 1 atom stereocenters. The van der Waals surface area contributed by atoms with E-state index in [1.165, 1.54) is 0 Å². The average Bonchev–Trinajstić information content (AvgIpc) is 2.69. The Labute approximate surface area is 153 Å². The van der Waals surface area contributed by atoms with E-state index in [1.54, 1.807) is 19.1 Å². The zero-order valence-electron chi connectivity index (χ0n) is 14.7. The molecule has 3 aromatic rings.